The Labute approximate surface area is 322 Å². The standard InChI is InChI=1S/C48H48N4OS/c1-5-9-12-30(7-3)46-40-21-18-33(49-40)28-34-19-22-41(50-34)47(31(8-4)13-10-6-2)43-26-24-39(52-43)36(38-23-25-42(46)51-38)20-16-32-17-27-45-48-35(32)14-11-15-37(48)44(53)29-54-45/h11,14-15,17-19,21-28,30-31,49-50H,5-10,12-13,29H2,1-4H3. The number of fused-ring (bicyclic) bond motifs is 8. The Morgan fingerprint density at radius 2 is 1.30 bits per heavy atom. The van der Waals surface area contributed by atoms with Crippen LogP contribution in [0.25, 0.3) is 57.1 Å². The maximum absolute atomic E-state index is 12.9. The van der Waals surface area contributed by atoms with Gasteiger partial charge in [0, 0.05) is 54.6 Å². The molecule has 272 valence electrons. The molecule has 8 bridgehead atoms. The number of hydrogen-bond donors (Lipinski definition) is 2. The molecule has 5 aromatic rings. The average Bonchev–Trinajstić information content (AvgIpc) is 4.03. The summed E-state index contributed by atoms with van der Waals surface area (Å²) < 4.78 is 0. The molecule has 3 aliphatic rings. The quantitative estimate of drug-likeness (QED) is 0.138. The minimum atomic E-state index is 0.172. The summed E-state index contributed by atoms with van der Waals surface area (Å²) >= 11 is 1.61. The fraction of sp³-hybridized carbons (Fsp3) is 0.312. The van der Waals surface area contributed by atoms with E-state index in [0.717, 1.165) is 129 Å². The van der Waals surface area contributed by atoms with Gasteiger partial charge in [-0.25, -0.2) is 9.97 Å². The topological polar surface area (TPSA) is 74.4 Å². The monoisotopic (exact) mass is 728 g/mol. The molecule has 2 aromatic carbocycles. The van der Waals surface area contributed by atoms with Gasteiger partial charge in [-0.1, -0.05) is 83.4 Å². The van der Waals surface area contributed by atoms with Gasteiger partial charge in [0.1, 0.15) is 0 Å². The van der Waals surface area contributed by atoms with Gasteiger partial charge in [0.25, 0.3) is 0 Å². The van der Waals surface area contributed by atoms with Gasteiger partial charge in [0.2, 0.25) is 0 Å². The van der Waals surface area contributed by atoms with Crippen LogP contribution in [0.2, 0.25) is 0 Å². The molecule has 2 unspecified atom stereocenters. The van der Waals surface area contributed by atoms with Crippen LogP contribution in [0.4, 0.5) is 0 Å². The lowest BCUT2D eigenvalue weighted by molar-refractivity contribution is 0.102. The van der Waals surface area contributed by atoms with Gasteiger partial charge in [0.05, 0.1) is 34.1 Å². The summed E-state index contributed by atoms with van der Waals surface area (Å²) in [4.78, 5) is 32.4. The molecular formula is C48H48N4OS. The van der Waals surface area contributed by atoms with Gasteiger partial charge in [-0.2, -0.15) is 0 Å². The average molecular weight is 729 g/mol. The van der Waals surface area contributed by atoms with E-state index in [1.807, 2.05) is 12.1 Å². The molecule has 0 amide bonds. The van der Waals surface area contributed by atoms with E-state index in [0.29, 0.717) is 17.6 Å². The van der Waals surface area contributed by atoms with Gasteiger partial charge >= 0.3 is 0 Å². The fourth-order valence-electron chi connectivity index (χ4n) is 8.36. The number of aromatic amines is 2. The molecule has 2 N–H and O–H groups in total. The van der Waals surface area contributed by atoms with E-state index in [9.17, 15) is 4.79 Å². The molecule has 0 aliphatic carbocycles. The predicted octanol–water partition coefficient (Wildman–Crippen LogP) is 12.9. The number of unbranched alkanes of at least 4 members (excludes halogenated alkanes) is 2. The second-order valence-electron chi connectivity index (χ2n) is 14.7. The zero-order valence-electron chi connectivity index (χ0n) is 31.8. The Balaban J connectivity index is 1.43. The number of aromatic nitrogens is 4. The molecule has 5 nitrogen and oxygen atoms in total. The Hall–Kier alpha value is -5.12. The smallest absolute Gasteiger partial charge is 0.173 e. The lowest BCUT2D eigenvalue weighted by atomic mass is 9.90. The minimum Gasteiger partial charge on any atom is -0.355 e. The number of hydrogen-bond acceptors (Lipinski definition) is 4. The van der Waals surface area contributed by atoms with Crippen LogP contribution in [-0.2, 0) is 0 Å². The second kappa shape index (κ2) is 15.7. The Bertz CT molecular complexity index is 2450. The maximum Gasteiger partial charge on any atom is 0.173 e. The fourth-order valence-corrected chi connectivity index (χ4v) is 9.33. The highest BCUT2D eigenvalue weighted by molar-refractivity contribution is 8.00. The van der Waals surface area contributed by atoms with Crippen LogP contribution in [0.15, 0.2) is 65.6 Å². The van der Waals surface area contributed by atoms with Crippen molar-refractivity contribution in [1.82, 2.24) is 19.9 Å². The lowest BCUT2D eigenvalue weighted by Crippen LogP contribution is -2.08. The van der Waals surface area contributed by atoms with E-state index in [4.69, 9.17) is 9.97 Å². The summed E-state index contributed by atoms with van der Waals surface area (Å²) in [7, 11) is 0. The van der Waals surface area contributed by atoms with Crippen LogP contribution in [0, 0.1) is 11.8 Å². The van der Waals surface area contributed by atoms with Crippen molar-refractivity contribution in [3.8, 4) is 11.8 Å². The lowest BCUT2D eigenvalue weighted by Gasteiger charge is -2.16. The number of H-pyrrole nitrogens is 2. The zero-order valence-corrected chi connectivity index (χ0v) is 32.6. The first-order valence-corrected chi connectivity index (χ1v) is 20.8. The summed E-state index contributed by atoms with van der Waals surface area (Å²) in [5, 5.41) is 2.02. The van der Waals surface area contributed by atoms with Crippen molar-refractivity contribution < 1.29 is 4.79 Å². The van der Waals surface area contributed by atoms with E-state index in [1.54, 1.807) is 11.8 Å². The number of ketones is 1. The SMILES string of the molecule is CCCCC(CC)c1c2nc(c(C#Cc3ccc4c5c(cccc35)C(=O)CS4)c3nc(c(C(CC)CCCC)c4ccc(cc5ccc1[nH]5)[nH]4)C=C3)C=C2. The molecule has 0 saturated carbocycles. The number of thioether (sulfide) groups is 1. The third-order valence-corrected chi connectivity index (χ3v) is 12.3. The second-order valence-corrected chi connectivity index (χ2v) is 15.7. The van der Waals surface area contributed by atoms with E-state index < -0.39 is 0 Å². The van der Waals surface area contributed by atoms with E-state index in [2.05, 4.69) is 122 Å². The molecule has 0 saturated heterocycles. The number of carbonyl (C=O) groups excluding carboxylic acids is 1. The summed E-state index contributed by atoms with van der Waals surface area (Å²) in [6.07, 6.45) is 17.5. The number of nitrogens with one attached hydrogen (secondary N) is 2. The number of rotatable bonds is 10. The van der Waals surface area contributed by atoms with Gasteiger partial charge in [0.15, 0.2) is 5.78 Å². The summed E-state index contributed by atoms with van der Waals surface area (Å²) in [6, 6.07) is 21.2. The summed E-state index contributed by atoms with van der Waals surface area (Å²) in [5.41, 5.74) is 13.0. The number of nitrogens with zero attached hydrogens (tertiary/aromatic N) is 2. The van der Waals surface area contributed by atoms with Crippen LogP contribution in [0.3, 0.4) is 0 Å². The highest BCUT2D eigenvalue weighted by atomic mass is 32.2. The zero-order chi connectivity index (χ0) is 37.2. The number of Topliss-reactive ketones (excluding diaryl/α,β-unsaturated/α-hetero) is 1. The van der Waals surface area contributed by atoms with Crippen LogP contribution in [-0.4, -0.2) is 31.5 Å². The van der Waals surface area contributed by atoms with Gasteiger partial charge < -0.3 is 9.97 Å². The van der Waals surface area contributed by atoms with Gasteiger partial charge in [-0.3, -0.25) is 4.79 Å². The van der Waals surface area contributed by atoms with E-state index in [1.165, 1.54) is 11.1 Å². The number of carbonyl (C=O) groups is 1. The van der Waals surface area contributed by atoms with E-state index >= 15 is 0 Å². The Morgan fingerprint density at radius 3 is 1.87 bits per heavy atom. The molecule has 0 radical (unpaired) electrons. The summed E-state index contributed by atoms with van der Waals surface area (Å²) in [6.45, 7) is 9.10. The van der Waals surface area contributed by atoms with Crippen LogP contribution < -0.4 is 0 Å². The molecule has 54 heavy (non-hydrogen) atoms. The molecule has 3 aliphatic heterocycles. The predicted molar refractivity (Wildman–Crippen MR) is 229 cm³/mol. The van der Waals surface area contributed by atoms with Crippen LogP contribution >= 0.6 is 11.8 Å². The Kier molecular flexibility index (Phi) is 10.4. The highest BCUT2D eigenvalue weighted by Gasteiger charge is 2.23. The first kappa shape index (κ1) is 35.9. The maximum atomic E-state index is 12.9. The van der Waals surface area contributed by atoms with Crippen LogP contribution in [0.5, 0.6) is 0 Å². The molecule has 2 atom stereocenters. The van der Waals surface area contributed by atoms with Crippen LogP contribution in [0.1, 0.15) is 146 Å². The molecule has 0 fully saturated rings. The van der Waals surface area contributed by atoms with Crippen molar-refractivity contribution >= 4 is 74.7 Å². The minimum absolute atomic E-state index is 0.172. The van der Waals surface area contributed by atoms with Crippen molar-refractivity contribution in [2.75, 3.05) is 5.75 Å². The van der Waals surface area contributed by atoms with Crippen molar-refractivity contribution in [3.05, 3.63) is 111 Å². The van der Waals surface area contributed by atoms with Crippen molar-refractivity contribution in [1.29, 1.82) is 0 Å². The largest absolute Gasteiger partial charge is 0.355 e. The molecule has 6 heteroatoms. The first-order valence-electron chi connectivity index (χ1n) is 19.9. The number of benzene rings is 2. The highest BCUT2D eigenvalue weighted by Crippen LogP contribution is 2.38. The molecule has 8 rings (SSSR count). The van der Waals surface area contributed by atoms with Crippen molar-refractivity contribution in [2.24, 2.45) is 0 Å². The molecule has 6 heterocycles. The summed E-state index contributed by atoms with van der Waals surface area (Å²) in [5.74, 6) is 8.53. The third-order valence-electron chi connectivity index (χ3n) is 11.3. The molecule has 3 aromatic heterocycles. The van der Waals surface area contributed by atoms with Gasteiger partial charge in [-0.05, 0) is 110 Å². The Morgan fingerprint density at radius 1 is 0.704 bits per heavy atom. The normalized spacial score (nSPS) is 14.3. The van der Waals surface area contributed by atoms with Gasteiger partial charge in [-0.15, -0.1) is 11.8 Å². The van der Waals surface area contributed by atoms with E-state index in [-0.39, 0.29) is 5.78 Å². The van der Waals surface area contributed by atoms with Crippen molar-refractivity contribution in [3.63, 3.8) is 0 Å². The third kappa shape index (κ3) is 6.87. The molecule has 0 spiro atoms. The first-order chi connectivity index (χ1) is 26.5. The van der Waals surface area contributed by atoms with Crippen molar-refractivity contribution in [2.45, 2.75) is 95.8 Å². The molecular weight excluding hydrogens is 681 g/mol.